The number of ether oxygens (including phenoxy) is 1. The van der Waals surface area contributed by atoms with Crippen molar-refractivity contribution in [3.63, 3.8) is 0 Å². The lowest BCUT2D eigenvalue weighted by atomic mass is 9.55. The first kappa shape index (κ1) is 13.0. The lowest BCUT2D eigenvalue weighted by Gasteiger charge is -2.61. The van der Waals surface area contributed by atoms with E-state index < -0.39 is 5.54 Å². The van der Waals surface area contributed by atoms with E-state index in [9.17, 15) is 9.90 Å². The Hall–Kier alpha value is -0.450. The Morgan fingerprint density at radius 1 is 1.41 bits per heavy atom. The number of Topliss-reactive ketones (excluding diaryl/α,β-unsaturated/α-hetero) is 1. The molecule has 4 nitrogen and oxygen atoms in total. The molecule has 3 heterocycles. The molecular weight excluding hydrogens is 218 g/mol. The van der Waals surface area contributed by atoms with E-state index in [-0.39, 0.29) is 24.4 Å². The van der Waals surface area contributed by atoms with Crippen LogP contribution in [0.15, 0.2) is 0 Å². The van der Waals surface area contributed by atoms with Gasteiger partial charge in [0.25, 0.3) is 0 Å². The van der Waals surface area contributed by atoms with Crippen molar-refractivity contribution in [2.24, 2.45) is 17.3 Å². The zero-order valence-electron chi connectivity index (χ0n) is 11.2. The number of ketones is 1. The lowest BCUT2D eigenvalue weighted by Crippen LogP contribution is -2.76. The summed E-state index contributed by atoms with van der Waals surface area (Å²) in [5, 5.41) is 9.71. The van der Waals surface area contributed by atoms with Gasteiger partial charge in [-0.15, -0.1) is 0 Å². The monoisotopic (exact) mass is 241 g/mol. The normalized spacial score (nSPS) is 49.7. The van der Waals surface area contributed by atoms with Crippen molar-refractivity contribution in [3.05, 3.63) is 0 Å². The van der Waals surface area contributed by atoms with Crippen LogP contribution in [0.1, 0.15) is 20.8 Å². The smallest absolute Gasteiger partial charge is 0.164 e. The third-order valence-corrected chi connectivity index (χ3v) is 5.20. The van der Waals surface area contributed by atoms with Crippen LogP contribution in [0.2, 0.25) is 0 Å². The number of hydrogen-bond donors (Lipinski definition) is 1. The van der Waals surface area contributed by atoms with E-state index in [0.29, 0.717) is 11.8 Å². The number of carbonyl (C=O) groups excluding carboxylic acids is 1. The maximum absolute atomic E-state index is 12.8. The molecule has 2 bridgehead atoms. The molecule has 98 valence electrons. The summed E-state index contributed by atoms with van der Waals surface area (Å²) in [6.45, 7) is 8.21. The molecule has 0 aliphatic carbocycles. The van der Waals surface area contributed by atoms with Gasteiger partial charge in [-0.05, 0) is 11.8 Å². The van der Waals surface area contributed by atoms with Crippen molar-refractivity contribution < 1.29 is 14.6 Å². The van der Waals surface area contributed by atoms with Crippen molar-refractivity contribution in [1.82, 2.24) is 4.90 Å². The zero-order chi connectivity index (χ0) is 12.8. The minimum atomic E-state index is -0.803. The van der Waals surface area contributed by atoms with E-state index in [4.69, 9.17) is 4.74 Å². The number of aliphatic hydroxyl groups is 1. The molecule has 0 spiro atoms. The Morgan fingerprint density at radius 3 is 2.35 bits per heavy atom. The molecule has 17 heavy (non-hydrogen) atoms. The number of hydrogen-bond acceptors (Lipinski definition) is 4. The predicted molar refractivity (Wildman–Crippen MR) is 64.7 cm³/mol. The molecule has 0 aromatic heterocycles. The molecule has 3 fully saturated rings. The molecule has 3 unspecified atom stereocenters. The van der Waals surface area contributed by atoms with E-state index in [1.54, 1.807) is 7.11 Å². The number of aliphatic hydroxyl groups excluding tert-OH is 1. The van der Waals surface area contributed by atoms with Gasteiger partial charge >= 0.3 is 0 Å². The summed E-state index contributed by atoms with van der Waals surface area (Å²) in [5.74, 6) is 0.845. The SMILES string of the molecule is COCC1(CO)C(=O)C2(C)C(C)CN1CC2C. The quantitative estimate of drug-likeness (QED) is 0.783. The van der Waals surface area contributed by atoms with Gasteiger partial charge in [0.2, 0.25) is 0 Å². The molecule has 0 aromatic rings. The number of piperidine rings is 3. The fourth-order valence-corrected chi connectivity index (χ4v) is 3.66. The van der Waals surface area contributed by atoms with Crippen LogP contribution >= 0.6 is 0 Å². The summed E-state index contributed by atoms with van der Waals surface area (Å²) in [6.07, 6.45) is 0. The van der Waals surface area contributed by atoms with E-state index in [0.717, 1.165) is 13.1 Å². The molecular formula is C13H23NO3. The molecule has 3 aliphatic rings. The molecule has 0 amide bonds. The second-order valence-corrected chi connectivity index (χ2v) is 5.94. The number of carbonyl (C=O) groups is 1. The maximum Gasteiger partial charge on any atom is 0.164 e. The standard InChI is InChI=1S/C13H23NO3/c1-9-5-14-6-10(2)12(9,3)11(16)13(14,7-15)8-17-4/h9-10,15H,5-8H2,1-4H3. The van der Waals surface area contributed by atoms with E-state index in [1.807, 2.05) is 0 Å². The van der Waals surface area contributed by atoms with Crippen LogP contribution in [-0.2, 0) is 9.53 Å². The Morgan fingerprint density at radius 2 is 1.94 bits per heavy atom. The molecule has 3 aliphatic heterocycles. The van der Waals surface area contributed by atoms with Crippen molar-refractivity contribution >= 4 is 5.78 Å². The van der Waals surface area contributed by atoms with Gasteiger partial charge in [-0.1, -0.05) is 20.8 Å². The molecule has 0 saturated carbocycles. The van der Waals surface area contributed by atoms with Gasteiger partial charge in [0, 0.05) is 25.6 Å². The fraction of sp³-hybridized carbons (Fsp3) is 0.923. The zero-order valence-corrected chi connectivity index (χ0v) is 11.2. The molecule has 0 aromatic carbocycles. The predicted octanol–water partition coefficient (Wildman–Crippen LogP) is 0.541. The van der Waals surface area contributed by atoms with Gasteiger partial charge in [-0.25, -0.2) is 0 Å². The summed E-state index contributed by atoms with van der Waals surface area (Å²) in [5.41, 5.74) is -1.13. The van der Waals surface area contributed by atoms with Gasteiger partial charge in [0.1, 0.15) is 5.54 Å². The third kappa shape index (κ3) is 1.44. The minimum absolute atomic E-state index is 0.144. The molecule has 1 N–H and O–H groups in total. The van der Waals surface area contributed by atoms with E-state index >= 15 is 0 Å². The van der Waals surface area contributed by atoms with Gasteiger partial charge in [0.15, 0.2) is 5.78 Å². The van der Waals surface area contributed by atoms with Crippen molar-refractivity contribution in [2.75, 3.05) is 33.4 Å². The molecule has 3 saturated heterocycles. The summed E-state index contributed by atoms with van der Waals surface area (Å²) >= 11 is 0. The summed E-state index contributed by atoms with van der Waals surface area (Å²) in [6, 6.07) is 0. The van der Waals surface area contributed by atoms with E-state index in [1.165, 1.54) is 0 Å². The maximum atomic E-state index is 12.8. The van der Waals surface area contributed by atoms with Crippen molar-refractivity contribution in [2.45, 2.75) is 26.3 Å². The Bertz CT molecular complexity index is 319. The molecule has 4 heteroatoms. The first-order chi connectivity index (χ1) is 7.93. The van der Waals surface area contributed by atoms with Crippen molar-refractivity contribution in [1.29, 1.82) is 0 Å². The van der Waals surface area contributed by atoms with Crippen LogP contribution < -0.4 is 0 Å². The first-order valence-corrected chi connectivity index (χ1v) is 6.33. The van der Waals surface area contributed by atoms with Crippen LogP contribution in [0.3, 0.4) is 0 Å². The third-order valence-electron chi connectivity index (χ3n) is 5.20. The highest BCUT2D eigenvalue weighted by Gasteiger charge is 2.63. The number of methoxy groups -OCH3 is 1. The topological polar surface area (TPSA) is 49.8 Å². The first-order valence-electron chi connectivity index (χ1n) is 6.33. The second kappa shape index (κ2) is 4.04. The number of nitrogens with zero attached hydrogens (tertiary/aromatic N) is 1. The van der Waals surface area contributed by atoms with E-state index in [2.05, 4.69) is 25.7 Å². The summed E-state index contributed by atoms with van der Waals surface area (Å²) < 4.78 is 5.19. The lowest BCUT2D eigenvalue weighted by molar-refractivity contribution is -0.187. The summed E-state index contributed by atoms with van der Waals surface area (Å²) in [7, 11) is 1.59. The fourth-order valence-electron chi connectivity index (χ4n) is 3.66. The average Bonchev–Trinajstić information content (AvgIpc) is 2.29. The van der Waals surface area contributed by atoms with Gasteiger partial charge in [-0.3, -0.25) is 9.69 Å². The summed E-state index contributed by atoms with van der Waals surface area (Å²) in [4.78, 5) is 14.9. The van der Waals surface area contributed by atoms with Crippen LogP contribution in [0.5, 0.6) is 0 Å². The van der Waals surface area contributed by atoms with Crippen LogP contribution in [0.25, 0.3) is 0 Å². The number of fused-ring (bicyclic) bond motifs is 3. The minimum Gasteiger partial charge on any atom is -0.394 e. The highest BCUT2D eigenvalue weighted by atomic mass is 16.5. The average molecular weight is 241 g/mol. The van der Waals surface area contributed by atoms with Gasteiger partial charge in [-0.2, -0.15) is 0 Å². The van der Waals surface area contributed by atoms with Crippen LogP contribution in [0.4, 0.5) is 0 Å². The molecule has 3 atom stereocenters. The molecule has 3 rings (SSSR count). The second-order valence-electron chi connectivity index (χ2n) is 5.94. The van der Waals surface area contributed by atoms with Gasteiger partial charge in [0.05, 0.1) is 13.2 Å². The Labute approximate surface area is 103 Å². The Kier molecular flexibility index (Phi) is 3.09. The van der Waals surface area contributed by atoms with Crippen LogP contribution in [0, 0.1) is 17.3 Å². The highest BCUT2D eigenvalue weighted by molar-refractivity contribution is 5.96. The Balaban J connectivity index is 2.44. The van der Waals surface area contributed by atoms with Crippen molar-refractivity contribution in [3.8, 4) is 0 Å². The van der Waals surface area contributed by atoms with Crippen LogP contribution in [-0.4, -0.2) is 54.7 Å². The largest absolute Gasteiger partial charge is 0.394 e. The van der Waals surface area contributed by atoms with Gasteiger partial charge < -0.3 is 9.84 Å². The highest BCUT2D eigenvalue weighted by Crippen LogP contribution is 2.51. The number of rotatable bonds is 3. The molecule has 0 radical (unpaired) electrons.